The predicted molar refractivity (Wildman–Crippen MR) is 96.5 cm³/mol. The quantitative estimate of drug-likeness (QED) is 0.637. The van der Waals surface area contributed by atoms with Crippen LogP contribution in [0.1, 0.15) is 28.9 Å². The highest BCUT2D eigenvalue weighted by molar-refractivity contribution is 7.80. The van der Waals surface area contributed by atoms with Gasteiger partial charge in [0.2, 0.25) is 0 Å². The number of hydrogen-bond donors (Lipinski definition) is 2. The molecule has 2 N–H and O–H groups in total. The van der Waals surface area contributed by atoms with Crippen LogP contribution in [0.5, 0.6) is 0 Å². The van der Waals surface area contributed by atoms with Gasteiger partial charge in [0, 0.05) is 27.4 Å². The average molecular weight is 361 g/mol. The lowest BCUT2D eigenvalue weighted by molar-refractivity contribution is 0.102. The normalized spacial score (nSPS) is 17.3. The fourth-order valence-corrected chi connectivity index (χ4v) is 3.29. The van der Waals surface area contributed by atoms with E-state index in [-0.39, 0.29) is 16.4 Å². The van der Waals surface area contributed by atoms with E-state index in [1.807, 2.05) is 6.07 Å². The summed E-state index contributed by atoms with van der Waals surface area (Å²) in [6.07, 6.45) is 0. The Morgan fingerprint density at radius 3 is 2.54 bits per heavy atom. The average Bonchev–Trinajstić information content (AvgIpc) is 2.54. The van der Waals surface area contributed by atoms with Gasteiger partial charge in [-0.3, -0.25) is 4.79 Å². The number of allylic oxidation sites excluding steroid dienone is 1. The van der Waals surface area contributed by atoms with E-state index in [1.165, 1.54) is 12.1 Å². The van der Waals surface area contributed by atoms with E-state index in [0.717, 1.165) is 0 Å². The van der Waals surface area contributed by atoms with Crippen LogP contribution in [-0.2, 0) is 0 Å². The fourth-order valence-electron chi connectivity index (χ4n) is 2.74. The Morgan fingerprint density at radius 2 is 1.88 bits per heavy atom. The van der Waals surface area contributed by atoms with E-state index in [2.05, 4.69) is 10.6 Å². The van der Waals surface area contributed by atoms with Crippen LogP contribution >= 0.6 is 23.8 Å². The van der Waals surface area contributed by atoms with E-state index in [0.29, 0.717) is 21.9 Å². The van der Waals surface area contributed by atoms with Crippen LogP contribution in [0.2, 0.25) is 5.02 Å². The van der Waals surface area contributed by atoms with Gasteiger partial charge in [0.05, 0.1) is 6.04 Å². The summed E-state index contributed by atoms with van der Waals surface area (Å²) >= 11 is 11.4. The standard InChI is InChI=1S/C18H14ClFN2OS/c1-10-14(17(23)11-6-3-2-4-7-11)16(22-18(24)21-10)15-12(19)8-5-9-13(15)20/h2-9,16H,1H3,(H2,21,22,24). The molecule has 1 aliphatic heterocycles. The maximum absolute atomic E-state index is 14.4. The summed E-state index contributed by atoms with van der Waals surface area (Å²) in [5.74, 6) is -0.698. The van der Waals surface area contributed by atoms with Gasteiger partial charge in [-0.25, -0.2) is 4.39 Å². The summed E-state index contributed by atoms with van der Waals surface area (Å²) in [6.45, 7) is 1.74. The van der Waals surface area contributed by atoms with Gasteiger partial charge < -0.3 is 10.6 Å². The largest absolute Gasteiger partial charge is 0.351 e. The molecule has 0 amide bonds. The van der Waals surface area contributed by atoms with Crippen LogP contribution in [0.4, 0.5) is 4.39 Å². The molecule has 0 radical (unpaired) electrons. The number of ketones is 1. The van der Waals surface area contributed by atoms with Crippen LogP contribution < -0.4 is 10.6 Å². The zero-order valence-corrected chi connectivity index (χ0v) is 14.3. The Labute approximate surface area is 149 Å². The van der Waals surface area contributed by atoms with Crippen LogP contribution in [0.15, 0.2) is 59.8 Å². The van der Waals surface area contributed by atoms with Crippen molar-refractivity contribution in [2.75, 3.05) is 0 Å². The van der Waals surface area contributed by atoms with Crippen LogP contribution in [0.25, 0.3) is 0 Å². The Bertz CT molecular complexity index is 831. The maximum atomic E-state index is 14.4. The van der Waals surface area contributed by atoms with Gasteiger partial charge in [0.1, 0.15) is 5.82 Å². The van der Waals surface area contributed by atoms with E-state index < -0.39 is 11.9 Å². The lowest BCUT2D eigenvalue weighted by Crippen LogP contribution is -2.45. The van der Waals surface area contributed by atoms with E-state index in [4.69, 9.17) is 23.8 Å². The second kappa shape index (κ2) is 6.71. The van der Waals surface area contributed by atoms with Gasteiger partial charge in [0.25, 0.3) is 0 Å². The van der Waals surface area contributed by atoms with Crippen molar-refractivity contribution in [3.05, 3.63) is 81.8 Å². The molecule has 0 saturated carbocycles. The molecular weight excluding hydrogens is 347 g/mol. The van der Waals surface area contributed by atoms with Crippen molar-refractivity contribution in [2.24, 2.45) is 0 Å². The number of benzene rings is 2. The molecule has 1 atom stereocenters. The number of nitrogens with one attached hydrogen (secondary N) is 2. The second-order valence-electron chi connectivity index (χ2n) is 5.40. The summed E-state index contributed by atoms with van der Waals surface area (Å²) < 4.78 is 14.4. The zero-order chi connectivity index (χ0) is 17.3. The first-order valence-electron chi connectivity index (χ1n) is 7.31. The fraction of sp³-hybridized carbons (Fsp3) is 0.111. The molecule has 3 nitrogen and oxygen atoms in total. The van der Waals surface area contributed by atoms with Gasteiger partial charge in [-0.2, -0.15) is 0 Å². The number of carbonyl (C=O) groups excluding carboxylic acids is 1. The molecule has 6 heteroatoms. The van der Waals surface area contributed by atoms with Gasteiger partial charge >= 0.3 is 0 Å². The van der Waals surface area contributed by atoms with Crippen molar-refractivity contribution < 1.29 is 9.18 Å². The molecular formula is C18H14ClFN2OS. The van der Waals surface area contributed by atoms with Gasteiger partial charge in [0.15, 0.2) is 10.9 Å². The molecule has 0 saturated heterocycles. The van der Waals surface area contributed by atoms with Crippen molar-refractivity contribution in [1.29, 1.82) is 0 Å². The first kappa shape index (κ1) is 16.6. The number of Topliss-reactive ketones (excluding diaryl/α,β-unsaturated/α-hetero) is 1. The monoisotopic (exact) mass is 360 g/mol. The highest BCUT2D eigenvalue weighted by Gasteiger charge is 2.33. The third-order valence-corrected chi connectivity index (χ3v) is 4.39. The van der Waals surface area contributed by atoms with Gasteiger partial charge in [-0.15, -0.1) is 0 Å². The van der Waals surface area contributed by atoms with Crippen molar-refractivity contribution in [2.45, 2.75) is 13.0 Å². The number of rotatable bonds is 3. The minimum absolute atomic E-state index is 0.208. The van der Waals surface area contributed by atoms with Crippen LogP contribution in [0, 0.1) is 5.82 Å². The highest BCUT2D eigenvalue weighted by Crippen LogP contribution is 2.34. The molecule has 2 aromatic rings. The van der Waals surface area contributed by atoms with E-state index in [1.54, 1.807) is 37.3 Å². The lowest BCUT2D eigenvalue weighted by Gasteiger charge is -2.31. The third kappa shape index (κ3) is 3.05. The maximum Gasteiger partial charge on any atom is 0.193 e. The van der Waals surface area contributed by atoms with E-state index >= 15 is 0 Å². The summed E-state index contributed by atoms with van der Waals surface area (Å²) in [6, 6.07) is 12.5. The van der Waals surface area contributed by atoms with Crippen LogP contribution in [-0.4, -0.2) is 10.9 Å². The number of thiocarbonyl (C=S) groups is 1. The molecule has 0 aliphatic carbocycles. The number of hydrogen-bond acceptors (Lipinski definition) is 2. The lowest BCUT2D eigenvalue weighted by atomic mass is 9.89. The Morgan fingerprint density at radius 1 is 1.17 bits per heavy atom. The summed E-state index contributed by atoms with van der Waals surface area (Å²) in [4.78, 5) is 13.0. The summed E-state index contributed by atoms with van der Waals surface area (Å²) in [7, 11) is 0. The Kier molecular flexibility index (Phi) is 4.64. The Balaban J connectivity index is 2.15. The molecule has 0 bridgehead atoms. The summed E-state index contributed by atoms with van der Waals surface area (Å²) in [5, 5.41) is 6.45. The second-order valence-corrected chi connectivity index (χ2v) is 6.22. The predicted octanol–water partition coefficient (Wildman–Crippen LogP) is 4.15. The van der Waals surface area contributed by atoms with Crippen LogP contribution in [0.3, 0.4) is 0 Å². The highest BCUT2D eigenvalue weighted by atomic mass is 35.5. The molecule has 24 heavy (non-hydrogen) atoms. The topological polar surface area (TPSA) is 41.1 Å². The zero-order valence-electron chi connectivity index (χ0n) is 12.8. The Hall–Kier alpha value is -2.24. The van der Waals surface area contributed by atoms with E-state index in [9.17, 15) is 9.18 Å². The SMILES string of the molecule is CC1=C(C(=O)c2ccccc2)C(c2c(F)cccc2Cl)NC(=S)N1. The third-order valence-electron chi connectivity index (χ3n) is 3.84. The minimum atomic E-state index is -0.750. The molecule has 1 unspecified atom stereocenters. The molecule has 1 aliphatic rings. The van der Waals surface area contributed by atoms with Gasteiger partial charge in [-0.05, 0) is 31.3 Å². The number of carbonyl (C=O) groups is 1. The van der Waals surface area contributed by atoms with Crippen molar-refractivity contribution >= 4 is 34.7 Å². The molecule has 122 valence electrons. The summed E-state index contributed by atoms with van der Waals surface area (Å²) in [5.41, 5.74) is 1.70. The molecule has 3 rings (SSSR count). The molecule has 0 fully saturated rings. The van der Waals surface area contributed by atoms with Crippen molar-refractivity contribution in [3.8, 4) is 0 Å². The molecule has 0 aromatic heterocycles. The van der Waals surface area contributed by atoms with Crippen molar-refractivity contribution in [1.82, 2.24) is 10.6 Å². The first-order valence-corrected chi connectivity index (χ1v) is 8.09. The number of halogens is 2. The molecule has 1 heterocycles. The minimum Gasteiger partial charge on any atom is -0.351 e. The first-order chi connectivity index (χ1) is 11.5. The van der Waals surface area contributed by atoms with Gasteiger partial charge in [-0.1, -0.05) is 48.0 Å². The van der Waals surface area contributed by atoms with Crippen molar-refractivity contribution in [3.63, 3.8) is 0 Å². The molecule has 0 spiro atoms. The smallest absolute Gasteiger partial charge is 0.193 e. The molecule has 2 aromatic carbocycles.